The van der Waals surface area contributed by atoms with E-state index in [4.69, 9.17) is 16.3 Å². The predicted molar refractivity (Wildman–Crippen MR) is 90.8 cm³/mol. The zero-order valence-corrected chi connectivity index (χ0v) is 13.8. The largest absolute Gasteiger partial charge is 0.449 e. The average Bonchev–Trinajstić information content (AvgIpc) is 2.55. The van der Waals surface area contributed by atoms with E-state index in [-0.39, 0.29) is 5.56 Å². The Labute approximate surface area is 140 Å². The molecule has 0 saturated heterocycles. The molecular formula is C18H18ClNO3. The fourth-order valence-electron chi connectivity index (χ4n) is 1.97. The Bertz CT molecular complexity index is 698. The highest BCUT2D eigenvalue weighted by molar-refractivity contribution is 6.33. The molecule has 4 nitrogen and oxygen atoms in total. The number of anilines is 1. The van der Waals surface area contributed by atoms with E-state index in [1.165, 1.54) is 12.5 Å². The van der Waals surface area contributed by atoms with Gasteiger partial charge in [0.05, 0.1) is 10.6 Å². The molecule has 0 bridgehead atoms. The SMILES string of the molecule is CCc1ccc(NC(=O)[C@@H](C)OC(=O)c2ccccc2Cl)cc1. The first-order valence-electron chi connectivity index (χ1n) is 7.36. The van der Waals surface area contributed by atoms with Gasteiger partial charge in [0, 0.05) is 5.69 Å². The molecule has 0 aliphatic carbocycles. The minimum atomic E-state index is -0.926. The summed E-state index contributed by atoms with van der Waals surface area (Å²) in [4.78, 5) is 24.1. The normalized spacial score (nSPS) is 11.6. The molecule has 0 aromatic heterocycles. The molecule has 120 valence electrons. The van der Waals surface area contributed by atoms with E-state index in [1.807, 2.05) is 24.3 Å². The maximum atomic E-state index is 12.1. The van der Waals surface area contributed by atoms with Crippen molar-refractivity contribution in [3.8, 4) is 0 Å². The Kier molecular flexibility index (Phi) is 5.77. The van der Waals surface area contributed by atoms with Crippen molar-refractivity contribution in [1.82, 2.24) is 0 Å². The minimum absolute atomic E-state index is 0.237. The van der Waals surface area contributed by atoms with Crippen LogP contribution < -0.4 is 5.32 Å². The van der Waals surface area contributed by atoms with Gasteiger partial charge in [0.1, 0.15) is 0 Å². The van der Waals surface area contributed by atoms with Crippen LogP contribution in [0.25, 0.3) is 0 Å². The molecule has 5 heteroatoms. The van der Waals surface area contributed by atoms with E-state index >= 15 is 0 Å². The first kappa shape index (κ1) is 17.0. The van der Waals surface area contributed by atoms with E-state index < -0.39 is 18.0 Å². The number of halogens is 1. The quantitative estimate of drug-likeness (QED) is 0.840. The van der Waals surface area contributed by atoms with Crippen molar-refractivity contribution in [1.29, 1.82) is 0 Å². The molecule has 2 aromatic rings. The maximum absolute atomic E-state index is 12.1. The van der Waals surface area contributed by atoms with Gasteiger partial charge in [0.15, 0.2) is 6.10 Å². The number of carbonyl (C=O) groups is 2. The lowest BCUT2D eigenvalue weighted by molar-refractivity contribution is -0.123. The van der Waals surface area contributed by atoms with Crippen LogP contribution in [0.2, 0.25) is 5.02 Å². The van der Waals surface area contributed by atoms with Crippen molar-refractivity contribution >= 4 is 29.2 Å². The van der Waals surface area contributed by atoms with Crippen LogP contribution in [0.15, 0.2) is 48.5 Å². The molecule has 0 aliphatic heterocycles. The summed E-state index contributed by atoms with van der Waals surface area (Å²) in [5.74, 6) is -1.02. The molecule has 0 saturated carbocycles. The van der Waals surface area contributed by atoms with Crippen molar-refractivity contribution in [2.75, 3.05) is 5.32 Å². The van der Waals surface area contributed by atoms with Crippen LogP contribution in [0.4, 0.5) is 5.69 Å². The van der Waals surface area contributed by atoms with Gasteiger partial charge in [-0.25, -0.2) is 4.79 Å². The number of hydrogen-bond acceptors (Lipinski definition) is 3. The van der Waals surface area contributed by atoms with Gasteiger partial charge in [-0.05, 0) is 43.2 Å². The first-order chi connectivity index (χ1) is 11.0. The van der Waals surface area contributed by atoms with Gasteiger partial charge in [-0.1, -0.05) is 42.8 Å². The molecule has 0 aliphatic rings. The molecule has 0 spiro atoms. The van der Waals surface area contributed by atoms with E-state index in [0.29, 0.717) is 10.7 Å². The Morgan fingerprint density at radius 3 is 2.39 bits per heavy atom. The highest BCUT2D eigenvalue weighted by atomic mass is 35.5. The third-order valence-electron chi connectivity index (χ3n) is 3.38. The Balaban J connectivity index is 1.96. The molecule has 23 heavy (non-hydrogen) atoms. The highest BCUT2D eigenvalue weighted by Gasteiger charge is 2.20. The average molecular weight is 332 g/mol. The fraction of sp³-hybridized carbons (Fsp3) is 0.222. The second-order valence-corrected chi connectivity index (χ2v) is 5.47. The van der Waals surface area contributed by atoms with Crippen molar-refractivity contribution < 1.29 is 14.3 Å². The maximum Gasteiger partial charge on any atom is 0.340 e. The van der Waals surface area contributed by atoms with Crippen LogP contribution in [0, 0.1) is 0 Å². The number of rotatable bonds is 5. The van der Waals surface area contributed by atoms with Crippen LogP contribution >= 0.6 is 11.6 Å². The standard InChI is InChI=1S/C18H18ClNO3/c1-3-13-8-10-14(11-9-13)20-17(21)12(2)23-18(22)15-6-4-5-7-16(15)19/h4-12H,3H2,1-2H3,(H,20,21)/t12-/m1/s1. The van der Waals surface area contributed by atoms with Crippen LogP contribution in [0.3, 0.4) is 0 Å². The third-order valence-corrected chi connectivity index (χ3v) is 3.71. The topological polar surface area (TPSA) is 55.4 Å². The van der Waals surface area contributed by atoms with Gasteiger partial charge in [-0.3, -0.25) is 4.79 Å². The Morgan fingerprint density at radius 1 is 1.13 bits per heavy atom. The summed E-state index contributed by atoms with van der Waals surface area (Å²) in [7, 11) is 0. The van der Waals surface area contributed by atoms with E-state index in [1.54, 1.807) is 24.3 Å². The number of amides is 1. The molecular weight excluding hydrogens is 314 g/mol. The van der Waals surface area contributed by atoms with Gasteiger partial charge < -0.3 is 10.1 Å². The fourth-order valence-corrected chi connectivity index (χ4v) is 2.18. The summed E-state index contributed by atoms with van der Waals surface area (Å²) < 4.78 is 5.16. The number of esters is 1. The van der Waals surface area contributed by atoms with Crippen LogP contribution in [-0.4, -0.2) is 18.0 Å². The minimum Gasteiger partial charge on any atom is -0.449 e. The van der Waals surface area contributed by atoms with E-state index in [2.05, 4.69) is 12.2 Å². The first-order valence-corrected chi connectivity index (χ1v) is 7.74. The molecule has 0 radical (unpaired) electrons. The van der Waals surface area contributed by atoms with Crippen molar-refractivity contribution in [3.05, 3.63) is 64.7 Å². The zero-order valence-electron chi connectivity index (χ0n) is 13.0. The second-order valence-electron chi connectivity index (χ2n) is 5.07. The molecule has 1 N–H and O–H groups in total. The van der Waals surface area contributed by atoms with E-state index in [0.717, 1.165) is 6.42 Å². The Hall–Kier alpha value is -2.33. The number of benzene rings is 2. The highest BCUT2D eigenvalue weighted by Crippen LogP contribution is 2.17. The van der Waals surface area contributed by atoms with E-state index in [9.17, 15) is 9.59 Å². The summed E-state index contributed by atoms with van der Waals surface area (Å²) in [6, 6.07) is 14.1. The summed E-state index contributed by atoms with van der Waals surface area (Å²) in [6.07, 6.45) is 0.00436. The molecule has 0 unspecified atom stereocenters. The molecule has 1 atom stereocenters. The number of hydrogen-bond donors (Lipinski definition) is 1. The Morgan fingerprint density at radius 2 is 1.78 bits per heavy atom. The molecule has 1 amide bonds. The monoisotopic (exact) mass is 331 g/mol. The third kappa shape index (κ3) is 4.57. The second kappa shape index (κ2) is 7.79. The van der Waals surface area contributed by atoms with Gasteiger partial charge in [0.25, 0.3) is 5.91 Å². The lowest BCUT2D eigenvalue weighted by Crippen LogP contribution is -2.30. The van der Waals surface area contributed by atoms with Gasteiger partial charge in [-0.15, -0.1) is 0 Å². The number of nitrogens with one attached hydrogen (secondary N) is 1. The van der Waals surface area contributed by atoms with Gasteiger partial charge >= 0.3 is 5.97 Å². The molecule has 0 heterocycles. The van der Waals surface area contributed by atoms with Crippen molar-refractivity contribution in [3.63, 3.8) is 0 Å². The zero-order chi connectivity index (χ0) is 16.8. The van der Waals surface area contributed by atoms with Crippen LogP contribution in [0.5, 0.6) is 0 Å². The number of aryl methyl sites for hydroxylation is 1. The van der Waals surface area contributed by atoms with Gasteiger partial charge in [0.2, 0.25) is 0 Å². The van der Waals surface area contributed by atoms with Crippen LogP contribution in [-0.2, 0) is 16.0 Å². The summed E-state index contributed by atoms with van der Waals surface area (Å²) >= 11 is 5.94. The molecule has 2 rings (SSSR count). The lowest BCUT2D eigenvalue weighted by atomic mass is 10.1. The number of ether oxygens (including phenoxy) is 1. The lowest BCUT2D eigenvalue weighted by Gasteiger charge is -2.14. The number of carbonyl (C=O) groups excluding carboxylic acids is 2. The summed E-state index contributed by atoms with van der Waals surface area (Å²) in [5, 5.41) is 3.01. The molecule has 0 fully saturated rings. The molecule has 2 aromatic carbocycles. The van der Waals surface area contributed by atoms with Crippen molar-refractivity contribution in [2.24, 2.45) is 0 Å². The smallest absolute Gasteiger partial charge is 0.340 e. The van der Waals surface area contributed by atoms with Gasteiger partial charge in [-0.2, -0.15) is 0 Å². The summed E-state index contributed by atoms with van der Waals surface area (Å²) in [5.41, 5.74) is 2.08. The van der Waals surface area contributed by atoms with Crippen LogP contribution in [0.1, 0.15) is 29.8 Å². The predicted octanol–water partition coefficient (Wildman–Crippen LogP) is 4.09. The summed E-state index contributed by atoms with van der Waals surface area (Å²) in [6.45, 7) is 3.58. The van der Waals surface area contributed by atoms with Crippen molar-refractivity contribution in [2.45, 2.75) is 26.4 Å².